The zero-order valence-corrected chi connectivity index (χ0v) is 17.7. The molecule has 0 atom stereocenters. The van der Waals surface area contributed by atoms with Gasteiger partial charge in [0.2, 0.25) is 0 Å². The number of pyridine rings is 2. The first-order chi connectivity index (χ1) is 15.0. The van der Waals surface area contributed by atoms with Gasteiger partial charge in [-0.1, -0.05) is 29.8 Å². The zero-order chi connectivity index (χ0) is 22.0. The van der Waals surface area contributed by atoms with Crippen molar-refractivity contribution in [2.24, 2.45) is 0 Å². The Balaban J connectivity index is 1.70. The molecule has 0 bridgehead atoms. The normalized spacial score (nSPS) is 10.7. The Morgan fingerprint density at radius 2 is 1.81 bits per heavy atom. The first-order valence-electron chi connectivity index (χ1n) is 9.58. The van der Waals surface area contributed by atoms with Gasteiger partial charge in [-0.3, -0.25) is 9.59 Å². The molecule has 0 aliphatic rings. The zero-order valence-electron chi connectivity index (χ0n) is 16.9. The molecule has 7 nitrogen and oxygen atoms in total. The highest BCUT2D eigenvalue weighted by molar-refractivity contribution is 6.34. The molecule has 0 aliphatic heterocycles. The summed E-state index contributed by atoms with van der Waals surface area (Å²) in [7, 11) is 1.54. The van der Waals surface area contributed by atoms with E-state index in [9.17, 15) is 9.59 Å². The van der Waals surface area contributed by atoms with Crippen LogP contribution in [0.1, 0.15) is 26.3 Å². The summed E-state index contributed by atoms with van der Waals surface area (Å²) < 4.78 is 1.78. The van der Waals surface area contributed by atoms with Crippen LogP contribution < -0.4 is 16.0 Å². The van der Waals surface area contributed by atoms with Gasteiger partial charge < -0.3 is 20.4 Å². The number of aromatic nitrogens is 2. The van der Waals surface area contributed by atoms with E-state index >= 15 is 0 Å². The molecule has 31 heavy (non-hydrogen) atoms. The van der Waals surface area contributed by atoms with Gasteiger partial charge in [0.05, 0.1) is 27.4 Å². The number of hydrogen-bond donors (Lipinski definition) is 3. The molecule has 0 saturated heterocycles. The number of amides is 2. The average Bonchev–Trinajstić information content (AvgIpc) is 3.22. The van der Waals surface area contributed by atoms with Crippen molar-refractivity contribution in [1.29, 1.82) is 0 Å². The van der Waals surface area contributed by atoms with Crippen LogP contribution in [0.3, 0.4) is 0 Å². The minimum Gasteiger partial charge on any atom is -0.355 e. The Kier molecular flexibility index (Phi) is 5.60. The van der Waals surface area contributed by atoms with Gasteiger partial charge in [0.25, 0.3) is 11.8 Å². The maximum absolute atomic E-state index is 13.0. The third-order valence-electron chi connectivity index (χ3n) is 4.87. The number of halogens is 1. The van der Waals surface area contributed by atoms with E-state index < -0.39 is 0 Å². The van der Waals surface area contributed by atoms with Crippen LogP contribution in [-0.4, -0.2) is 28.2 Å². The average molecular weight is 434 g/mol. The van der Waals surface area contributed by atoms with Gasteiger partial charge in [-0.05, 0) is 42.8 Å². The Hall–Kier alpha value is -3.84. The summed E-state index contributed by atoms with van der Waals surface area (Å²) in [4.78, 5) is 29.5. The number of rotatable bonds is 5. The molecule has 2 amide bonds. The Morgan fingerprint density at radius 1 is 1.00 bits per heavy atom. The molecule has 0 spiro atoms. The van der Waals surface area contributed by atoms with Crippen LogP contribution >= 0.6 is 11.6 Å². The van der Waals surface area contributed by atoms with Crippen LogP contribution in [0.25, 0.3) is 5.52 Å². The first kappa shape index (κ1) is 20.4. The van der Waals surface area contributed by atoms with Gasteiger partial charge in [0, 0.05) is 31.3 Å². The van der Waals surface area contributed by atoms with E-state index in [1.165, 1.54) is 13.2 Å². The second-order valence-corrected chi connectivity index (χ2v) is 7.38. The molecule has 1 aromatic carbocycles. The molecule has 3 N–H and O–H groups in total. The Labute approximate surface area is 184 Å². The number of para-hydroxylation sites is 1. The van der Waals surface area contributed by atoms with Crippen LogP contribution in [0.15, 0.2) is 67.1 Å². The molecule has 8 heteroatoms. The predicted molar refractivity (Wildman–Crippen MR) is 122 cm³/mol. The van der Waals surface area contributed by atoms with Crippen LogP contribution in [0, 0.1) is 6.92 Å². The molecule has 0 radical (unpaired) electrons. The lowest BCUT2D eigenvalue weighted by Gasteiger charge is -2.14. The first-order valence-corrected chi connectivity index (χ1v) is 9.96. The standard InChI is InChI=1S/C23H20ClN5O2/c1-14-6-3-4-8-18(14)27-21-19(10-15(12-26-21)22(30)25-2)28-23(31)16-11-20-17(24)7-5-9-29(20)13-16/h3-13H,1-2H3,(H,25,30)(H,26,27)(H,28,31). The molecule has 3 heterocycles. The van der Waals surface area contributed by atoms with Gasteiger partial charge in [0.1, 0.15) is 0 Å². The number of aryl methyl sites for hydroxylation is 1. The molecule has 4 aromatic rings. The predicted octanol–water partition coefficient (Wildman–Crippen LogP) is 4.65. The molecular weight excluding hydrogens is 414 g/mol. The fourth-order valence-electron chi connectivity index (χ4n) is 3.19. The number of carbonyl (C=O) groups excluding carboxylic acids is 2. The van der Waals surface area contributed by atoms with E-state index in [2.05, 4.69) is 20.9 Å². The minimum atomic E-state index is -0.344. The Bertz CT molecular complexity index is 1300. The summed E-state index contributed by atoms with van der Waals surface area (Å²) in [5.41, 5.74) is 3.74. The minimum absolute atomic E-state index is 0.299. The van der Waals surface area contributed by atoms with E-state index in [0.29, 0.717) is 27.7 Å². The highest BCUT2D eigenvalue weighted by atomic mass is 35.5. The monoisotopic (exact) mass is 433 g/mol. The number of anilines is 3. The van der Waals surface area contributed by atoms with Crippen molar-refractivity contribution in [2.45, 2.75) is 6.92 Å². The lowest BCUT2D eigenvalue weighted by Crippen LogP contribution is -2.19. The van der Waals surface area contributed by atoms with Crippen molar-refractivity contribution in [1.82, 2.24) is 14.7 Å². The van der Waals surface area contributed by atoms with Crippen molar-refractivity contribution >= 4 is 46.1 Å². The van der Waals surface area contributed by atoms with E-state index in [0.717, 1.165) is 16.8 Å². The van der Waals surface area contributed by atoms with Gasteiger partial charge in [-0.25, -0.2) is 4.98 Å². The molecule has 0 fully saturated rings. The van der Waals surface area contributed by atoms with Crippen LogP contribution in [0.2, 0.25) is 5.02 Å². The SMILES string of the molecule is CNC(=O)c1cnc(Nc2ccccc2C)c(NC(=O)c2cc3c(Cl)cccn3c2)c1. The number of benzene rings is 1. The Morgan fingerprint density at radius 3 is 2.55 bits per heavy atom. The van der Waals surface area contributed by atoms with E-state index in [4.69, 9.17) is 11.6 Å². The molecular formula is C23H20ClN5O2. The van der Waals surface area contributed by atoms with Crippen LogP contribution in [0.4, 0.5) is 17.2 Å². The smallest absolute Gasteiger partial charge is 0.257 e. The topological polar surface area (TPSA) is 87.5 Å². The van der Waals surface area contributed by atoms with E-state index in [1.54, 1.807) is 34.9 Å². The fourth-order valence-corrected chi connectivity index (χ4v) is 3.41. The van der Waals surface area contributed by atoms with E-state index in [-0.39, 0.29) is 11.8 Å². The maximum Gasteiger partial charge on any atom is 0.257 e. The summed E-state index contributed by atoms with van der Waals surface area (Å²) in [5.74, 6) is -0.215. The van der Waals surface area contributed by atoms with Crippen molar-refractivity contribution < 1.29 is 9.59 Å². The van der Waals surface area contributed by atoms with Gasteiger partial charge in [-0.2, -0.15) is 0 Å². The fraction of sp³-hybridized carbons (Fsp3) is 0.0870. The summed E-state index contributed by atoms with van der Waals surface area (Å²) >= 11 is 6.22. The number of nitrogens with one attached hydrogen (secondary N) is 3. The third-order valence-corrected chi connectivity index (χ3v) is 5.19. The third kappa shape index (κ3) is 4.22. The molecule has 0 aliphatic carbocycles. The largest absolute Gasteiger partial charge is 0.355 e. The summed E-state index contributed by atoms with van der Waals surface area (Å²) in [5, 5.41) is 9.21. The van der Waals surface area contributed by atoms with Crippen molar-refractivity contribution in [2.75, 3.05) is 17.7 Å². The summed E-state index contributed by atoms with van der Waals surface area (Å²) in [6.45, 7) is 1.97. The number of hydrogen-bond acceptors (Lipinski definition) is 4. The van der Waals surface area contributed by atoms with E-state index in [1.807, 2.05) is 37.4 Å². The van der Waals surface area contributed by atoms with Crippen LogP contribution in [0.5, 0.6) is 0 Å². The van der Waals surface area contributed by atoms with Crippen molar-refractivity contribution in [3.8, 4) is 0 Å². The van der Waals surface area contributed by atoms with Gasteiger partial charge in [0.15, 0.2) is 5.82 Å². The van der Waals surface area contributed by atoms with Gasteiger partial charge in [-0.15, -0.1) is 0 Å². The molecule has 0 unspecified atom stereocenters. The van der Waals surface area contributed by atoms with Crippen molar-refractivity contribution in [3.05, 3.63) is 88.8 Å². The molecule has 4 rings (SSSR count). The highest BCUT2D eigenvalue weighted by Crippen LogP contribution is 2.27. The van der Waals surface area contributed by atoms with Crippen LogP contribution in [-0.2, 0) is 0 Å². The molecule has 156 valence electrons. The molecule has 0 saturated carbocycles. The number of nitrogens with zero attached hydrogens (tertiary/aromatic N) is 2. The molecule has 3 aromatic heterocycles. The lowest BCUT2D eigenvalue weighted by molar-refractivity contribution is 0.0961. The van der Waals surface area contributed by atoms with Gasteiger partial charge >= 0.3 is 0 Å². The lowest BCUT2D eigenvalue weighted by atomic mass is 10.2. The summed E-state index contributed by atoms with van der Waals surface area (Å²) in [6.07, 6.45) is 4.97. The second-order valence-electron chi connectivity index (χ2n) is 6.97. The highest BCUT2D eigenvalue weighted by Gasteiger charge is 2.16. The number of fused-ring (bicyclic) bond motifs is 1. The summed E-state index contributed by atoms with van der Waals surface area (Å²) in [6, 6.07) is 14.6. The second kappa shape index (κ2) is 8.49. The quantitative estimate of drug-likeness (QED) is 0.427. The maximum atomic E-state index is 13.0. The van der Waals surface area contributed by atoms with Crippen molar-refractivity contribution in [3.63, 3.8) is 0 Å². The number of carbonyl (C=O) groups is 2.